The van der Waals surface area contributed by atoms with Gasteiger partial charge in [-0.15, -0.1) is 0 Å². The van der Waals surface area contributed by atoms with Gasteiger partial charge in [-0.2, -0.15) is 5.10 Å². The Bertz CT molecular complexity index is 664. The summed E-state index contributed by atoms with van der Waals surface area (Å²) in [7, 11) is 0. The SMILES string of the molecule is Cc1nn(Cc2c(F)c(F)c(F)c(F)c2F)c(C)c1N. The van der Waals surface area contributed by atoms with Crippen LogP contribution in [0.25, 0.3) is 0 Å². The molecule has 0 fully saturated rings. The van der Waals surface area contributed by atoms with Crippen LogP contribution in [0.1, 0.15) is 17.0 Å². The first-order chi connectivity index (χ1) is 9.25. The second kappa shape index (κ2) is 4.77. The van der Waals surface area contributed by atoms with E-state index in [-0.39, 0.29) is 0 Å². The van der Waals surface area contributed by atoms with Gasteiger partial charge >= 0.3 is 0 Å². The zero-order chi connectivity index (χ0) is 15.2. The fraction of sp³-hybridized carbons (Fsp3) is 0.250. The van der Waals surface area contributed by atoms with Gasteiger partial charge in [0.25, 0.3) is 0 Å². The maximum Gasteiger partial charge on any atom is 0.200 e. The van der Waals surface area contributed by atoms with E-state index in [1.54, 1.807) is 6.92 Å². The van der Waals surface area contributed by atoms with Crippen molar-refractivity contribution in [1.82, 2.24) is 9.78 Å². The van der Waals surface area contributed by atoms with E-state index in [4.69, 9.17) is 5.73 Å². The fourth-order valence-electron chi connectivity index (χ4n) is 1.80. The topological polar surface area (TPSA) is 43.8 Å². The van der Waals surface area contributed by atoms with E-state index in [1.807, 2.05) is 0 Å². The van der Waals surface area contributed by atoms with Crippen LogP contribution in [0.15, 0.2) is 0 Å². The molecule has 1 aromatic carbocycles. The summed E-state index contributed by atoms with van der Waals surface area (Å²) in [5, 5.41) is 3.89. The monoisotopic (exact) mass is 291 g/mol. The molecule has 0 spiro atoms. The van der Waals surface area contributed by atoms with Gasteiger partial charge in [-0.1, -0.05) is 0 Å². The Morgan fingerprint density at radius 1 is 0.900 bits per heavy atom. The third-order valence-corrected chi connectivity index (χ3v) is 3.05. The van der Waals surface area contributed by atoms with E-state index >= 15 is 0 Å². The molecule has 1 aromatic heterocycles. The molecule has 108 valence electrons. The van der Waals surface area contributed by atoms with E-state index in [0.717, 1.165) is 4.68 Å². The van der Waals surface area contributed by atoms with Gasteiger partial charge in [0.15, 0.2) is 23.3 Å². The molecule has 0 aliphatic rings. The molecule has 8 heteroatoms. The van der Waals surface area contributed by atoms with E-state index in [9.17, 15) is 22.0 Å². The molecule has 2 aromatic rings. The lowest BCUT2D eigenvalue weighted by molar-refractivity contribution is 0.366. The molecule has 3 nitrogen and oxygen atoms in total. The first-order valence-corrected chi connectivity index (χ1v) is 5.55. The third-order valence-electron chi connectivity index (χ3n) is 3.05. The molecule has 0 bridgehead atoms. The number of rotatable bonds is 2. The van der Waals surface area contributed by atoms with Crippen molar-refractivity contribution in [2.75, 3.05) is 5.73 Å². The summed E-state index contributed by atoms with van der Waals surface area (Å²) in [6, 6.07) is 0. The number of aryl methyl sites for hydroxylation is 1. The van der Waals surface area contributed by atoms with Crippen LogP contribution in [0.5, 0.6) is 0 Å². The summed E-state index contributed by atoms with van der Waals surface area (Å²) in [5.41, 5.74) is 5.78. The van der Waals surface area contributed by atoms with Gasteiger partial charge in [0, 0.05) is 0 Å². The molecular weight excluding hydrogens is 281 g/mol. The second-order valence-electron chi connectivity index (χ2n) is 4.29. The van der Waals surface area contributed by atoms with Crippen molar-refractivity contribution in [1.29, 1.82) is 0 Å². The summed E-state index contributed by atoms with van der Waals surface area (Å²) in [6.07, 6.45) is 0. The first-order valence-electron chi connectivity index (χ1n) is 5.55. The second-order valence-corrected chi connectivity index (χ2v) is 4.29. The Hall–Kier alpha value is -2.12. The molecule has 0 saturated heterocycles. The molecule has 2 N–H and O–H groups in total. The Balaban J connectivity index is 2.57. The maximum atomic E-state index is 13.5. The Morgan fingerprint density at radius 3 is 1.75 bits per heavy atom. The van der Waals surface area contributed by atoms with Gasteiger partial charge in [0.05, 0.1) is 29.2 Å². The minimum Gasteiger partial charge on any atom is -0.396 e. The molecule has 0 atom stereocenters. The van der Waals surface area contributed by atoms with Crippen LogP contribution in [0, 0.1) is 42.9 Å². The summed E-state index contributed by atoms with van der Waals surface area (Å²) in [5.74, 6) is -9.88. The summed E-state index contributed by atoms with van der Waals surface area (Å²) in [6.45, 7) is 2.49. The smallest absolute Gasteiger partial charge is 0.200 e. The van der Waals surface area contributed by atoms with Crippen LogP contribution >= 0.6 is 0 Å². The average molecular weight is 291 g/mol. The highest BCUT2D eigenvalue weighted by Gasteiger charge is 2.26. The lowest BCUT2D eigenvalue weighted by Gasteiger charge is -2.09. The van der Waals surface area contributed by atoms with E-state index < -0.39 is 41.2 Å². The van der Waals surface area contributed by atoms with Crippen molar-refractivity contribution in [3.05, 3.63) is 46.0 Å². The highest BCUT2D eigenvalue weighted by molar-refractivity contribution is 5.47. The highest BCUT2D eigenvalue weighted by atomic mass is 19.2. The minimum atomic E-state index is -2.18. The van der Waals surface area contributed by atoms with E-state index in [2.05, 4.69) is 5.10 Å². The van der Waals surface area contributed by atoms with Crippen LogP contribution < -0.4 is 5.73 Å². The minimum absolute atomic E-state index is 0.300. The number of benzene rings is 1. The average Bonchev–Trinajstić information content (AvgIpc) is 2.66. The van der Waals surface area contributed by atoms with Gasteiger partial charge in [-0.25, -0.2) is 22.0 Å². The normalized spacial score (nSPS) is 11.2. The van der Waals surface area contributed by atoms with Crippen molar-refractivity contribution in [2.45, 2.75) is 20.4 Å². The predicted octanol–water partition coefficient (Wildman–Crippen LogP) is 2.83. The molecular formula is C12H10F5N3. The Labute approximate surface area is 110 Å². The third kappa shape index (κ3) is 2.00. The zero-order valence-corrected chi connectivity index (χ0v) is 10.6. The molecule has 0 unspecified atom stereocenters. The Morgan fingerprint density at radius 2 is 1.35 bits per heavy atom. The molecule has 0 saturated carbocycles. The number of nitrogen functional groups attached to an aromatic ring is 1. The van der Waals surface area contributed by atoms with E-state index in [0.29, 0.717) is 17.1 Å². The number of hydrogen-bond acceptors (Lipinski definition) is 2. The highest BCUT2D eigenvalue weighted by Crippen LogP contribution is 2.25. The number of nitrogens with two attached hydrogens (primary N) is 1. The van der Waals surface area contributed by atoms with Crippen LogP contribution in [-0.4, -0.2) is 9.78 Å². The fourth-order valence-corrected chi connectivity index (χ4v) is 1.80. The van der Waals surface area contributed by atoms with Crippen molar-refractivity contribution < 1.29 is 22.0 Å². The molecule has 1 heterocycles. The zero-order valence-electron chi connectivity index (χ0n) is 10.6. The van der Waals surface area contributed by atoms with Crippen LogP contribution in [-0.2, 0) is 6.54 Å². The molecule has 0 aliphatic heterocycles. The van der Waals surface area contributed by atoms with Crippen LogP contribution in [0.3, 0.4) is 0 Å². The molecule has 2 rings (SSSR count). The van der Waals surface area contributed by atoms with E-state index in [1.165, 1.54) is 6.92 Å². The number of nitrogens with zero attached hydrogens (tertiary/aromatic N) is 2. The van der Waals surface area contributed by atoms with Gasteiger partial charge < -0.3 is 5.73 Å². The van der Waals surface area contributed by atoms with Crippen molar-refractivity contribution in [3.63, 3.8) is 0 Å². The van der Waals surface area contributed by atoms with Gasteiger partial charge in [0.2, 0.25) is 5.82 Å². The lowest BCUT2D eigenvalue weighted by Crippen LogP contribution is -2.13. The van der Waals surface area contributed by atoms with Gasteiger partial charge in [-0.05, 0) is 13.8 Å². The summed E-state index contributed by atoms with van der Waals surface area (Å²) in [4.78, 5) is 0. The molecule has 0 aliphatic carbocycles. The van der Waals surface area contributed by atoms with Gasteiger partial charge in [-0.3, -0.25) is 4.68 Å². The molecule has 20 heavy (non-hydrogen) atoms. The molecule has 0 amide bonds. The number of halogens is 5. The van der Waals surface area contributed by atoms with Crippen molar-refractivity contribution in [2.24, 2.45) is 0 Å². The Kier molecular flexibility index (Phi) is 3.41. The van der Waals surface area contributed by atoms with Crippen LogP contribution in [0.2, 0.25) is 0 Å². The first kappa shape index (κ1) is 14.3. The largest absolute Gasteiger partial charge is 0.396 e. The lowest BCUT2D eigenvalue weighted by atomic mass is 10.1. The van der Waals surface area contributed by atoms with Gasteiger partial charge in [0.1, 0.15) is 0 Å². The van der Waals surface area contributed by atoms with Crippen LogP contribution in [0.4, 0.5) is 27.6 Å². The standard InChI is InChI=1S/C12H10F5N3/c1-4-12(18)5(2)20(19-4)3-6-7(13)9(15)11(17)10(16)8(6)14/h3,18H2,1-2H3. The van der Waals surface area contributed by atoms with Crippen molar-refractivity contribution in [3.8, 4) is 0 Å². The number of aromatic nitrogens is 2. The van der Waals surface area contributed by atoms with Crippen molar-refractivity contribution >= 4 is 5.69 Å². The molecule has 0 radical (unpaired) electrons. The summed E-state index contributed by atoms with van der Waals surface area (Å²) >= 11 is 0. The quantitative estimate of drug-likeness (QED) is 0.525. The number of hydrogen-bond donors (Lipinski definition) is 1. The number of anilines is 1. The summed E-state index contributed by atoms with van der Waals surface area (Å²) < 4.78 is 67.2. The maximum absolute atomic E-state index is 13.5. The predicted molar refractivity (Wildman–Crippen MR) is 61.4 cm³/mol.